The van der Waals surface area contributed by atoms with Crippen molar-refractivity contribution in [1.29, 1.82) is 0 Å². The minimum atomic E-state index is 0.155. The van der Waals surface area contributed by atoms with E-state index in [2.05, 4.69) is 10.6 Å². The Kier molecular flexibility index (Phi) is 5.95. The van der Waals surface area contributed by atoms with Crippen LogP contribution in [0.1, 0.15) is 12.5 Å². The second-order valence-corrected chi connectivity index (χ2v) is 5.26. The Morgan fingerprint density at radius 2 is 1.95 bits per heavy atom. The van der Waals surface area contributed by atoms with Crippen LogP contribution in [0.25, 0.3) is 0 Å². The second-order valence-electron chi connectivity index (χ2n) is 4.85. The van der Waals surface area contributed by atoms with Crippen molar-refractivity contribution >= 4 is 28.9 Å². The van der Waals surface area contributed by atoms with Gasteiger partial charge in [0.25, 0.3) is 0 Å². The maximum atomic E-state index is 12.1. The van der Waals surface area contributed by atoms with E-state index in [9.17, 15) is 4.79 Å². The topological polar surface area (TPSA) is 53.6 Å². The molecule has 114 valence electrons. The minimum Gasteiger partial charge on any atom is -0.378 e. The van der Waals surface area contributed by atoms with E-state index in [4.69, 9.17) is 17.0 Å². The van der Waals surface area contributed by atoms with Crippen molar-refractivity contribution in [1.82, 2.24) is 10.2 Å². The lowest BCUT2D eigenvalue weighted by Crippen LogP contribution is -2.41. The van der Waals surface area contributed by atoms with Crippen molar-refractivity contribution in [3.8, 4) is 0 Å². The largest absolute Gasteiger partial charge is 0.378 e. The summed E-state index contributed by atoms with van der Waals surface area (Å²) in [7, 11) is 0. The van der Waals surface area contributed by atoms with Gasteiger partial charge in [0.2, 0.25) is 5.91 Å². The monoisotopic (exact) mass is 307 g/mol. The van der Waals surface area contributed by atoms with Crippen molar-refractivity contribution in [3.05, 3.63) is 29.8 Å². The van der Waals surface area contributed by atoms with E-state index in [0.29, 0.717) is 37.8 Å². The standard InChI is InChI=1S/C15H21N3O2S/c1-2-16-15(21)17-13-5-3-12(4-6-13)11-14(19)18-7-9-20-10-8-18/h3-6H,2,7-11H2,1H3,(H2,16,17,21). The number of benzene rings is 1. The Morgan fingerprint density at radius 1 is 1.29 bits per heavy atom. The van der Waals surface area contributed by atoms with Crippen LogP contribution in [0.5, 0.6) is 0 Å². The van der Waals surface area contributed by atoms with E-state index in [1.54, 1.807) is 0 Å². The van der Waals surface area contributed by atoms with Gasteiger partial charge in [0, 0.05) is 25.3 Å². The Hall–Kier alpha value is -1.66. The number of ether oxygens (including phenoxy) is 1. The van der Waals surface area contributed by atoms with Gasteiger partial charge in [0.15, 0.2) is 5.11 Å². The molecule has 5 nitrogen and oxygen atoms in total. The maximum Gasteiger partial charge on any atom is 0.227 e. The third-order valence-corrected chi connectivity index (χ3v) is 3.51. The summed E-state index contributed by atoms with van der Waals surface area (Å²) in [6.45, 7) is 5.43. The van der Waals surface area contributed by atoms with Gasteiger partial charge in [-0.3, -0.25) is 4.79 Å². The summed E-state index contributed by atoms with van der Waals surface area (Å²) in [6.07, 6.45) is 0.429. The molecule has 0 radical (unpaired) electrons. The first-order valence-corrected chi connectivity index (χ1v) is 7.59. The summed E-state index contributed by atoms with van der Waals surface area (Å²) in [4.78, 5) is 14.0. The molecule has 1 heterocycles. The van der Waals surface area contributed by atoms with Gasteiger partial charge in [-0.1, -0.05) is 12.1 Å². The molecule has 21 heavy (non-hydrogen) atoms. The van der Waals surface area contributed by atoms with Gasteiger partial charge in [-0.2, -0.15) is 0 Å². The summed E-state index contributed by atoms with van der Waals surface area (Å²) < 4.78 is 5.25. The van der Waals surface area contributed by atoms with Crippen LogP contribution in [0.15, 0.2) is 24.3 Å². The molecule has 1 amide bonds. The quantitative estimate of drug-likeness (QED) is 0.824. The van der Waals surface area contributed by atoms with Crippen LogP contribution in [0.3, 0.4) is 0 Å². The summed E-state index contributed by atoms with van der Waals surface area (Å²) >= 11 is 5.13. The van der Waals surface area contributed by atoms with Crippen LogP contribution < -0.4 is 10.6 Å². The molecule has 1 saturated heterocycles. The Bertz CT molecular complexity index is 484. The molecule has 0 saturated carbocycles. The SMILES string of the molecule is CCNC(=S)Nc1ccc(CC(=O)N2CCOCC2)cc1. The van der Waals surface area contributed by atoms with Crippen molar-refractivity contribution in [3.63, 3.8) is 0 Å². The van der Waals surface area contributed by atoms with Crippen LogP contribution in [-0.2, 0) is 16.0 Å². The van der Waals surface area contributed by atoms with Crippen molar-refractivity contribution in [2.45, 2.75) is 13.3 Å². The third kappa shape index (κ3) is 4.99. The lowest BCUT2D eigenvalue weighted by Gasteiger charge is -2.26. The zero-order valence-electron chi connectivity index (χ0n) is 12.2. The van der Waals surface area contributed by atoms with Crippen LogP contribution in [-0.4, -0.2) is 48.8 Å². The predicted octanol–water partition coefficient (Wildman–Crippen LogP) is 1.39. The van der Waals surface area contributed by atoms with Crippen LogP contribution >= 0.6 is 12.2 Å². The van der Waals surface area contributed by atoms with E-state index < -0.39 is 0 Å². The Balaban J connectivity index is 1.86. The van der Waals surface area contributed by atoms with Gasteiger partial charge in [-0.05, 0) is 36.8 Å². The van der Waals surface area contributed by atoms with Crippen molar-refractivity contribution in [2.75, 3.05) is 38.2 Å². The maximum absolute atomic E-state index is 12.1. The fraction of sp³-hybridized carbons (Fsp3) is 0.467. The average Bonchev–Trinajstić information content (AvgIpc) is 2.50. The number of hydrogen-bond acceptors (Lipinski definition) is 3. The number of thiocarbonyl (C=S) groups is 1. The molecule has 0 spiro atoms. The highest BCUT2D eigenvalue weighted by Gasteiger charge is 2.16. The van der Waals surface area contributed by atoms with E-state index >= 15 is 0 Å². The van der Waals surface area contributed by atoms with Crippen molar-refractivity contribution < 1.29 is 9.53 Å². The zero-order valence-corrected chi connectivity index (χ0v) is 13.0. The first-order valence-electron chi connectivity index (χ1n) is 7.18. The fourth-order valence-electron chi connectivity index (χ4n) is 2.14. The number of morpholine rings is 1. The van der Waals surface area contributed by atoms with Crippen molar-refractivity contribution in [2.24, 2.45) is 0 Å². The summed E-state index contributed by atoms with van der Waals surface area (Å²) in [5.41, 5.74) is 1.93. The number of rotatable bonds is 4. The predicted molar refractivity (Wildman–Crippen MR) is 87.4 cm³/mol. The van der Waals surface area contributed by atoms with Gasteiger partial charge in [0.05, 0.1) is 19.6 Å². The van der Waals surface area contributed by atoms with Gasteiger partial charge in [-0.25, -0.2) is 0 Å². The molecule has 0 unspecified atom stereocenters. The molecule has 1 aliphatic heterocycles. The molecule has 0 bridgehead atoms. The lowest BCUT2D eigenvalue weighted by molar-refractivity contribution is -0.134. The number of nitrogens with zero attached hydrogens (tertiary/aromatic N) is 1. The number of carbonyl (C=O) groups is 1. The van der Waals surface area contributed by atoms with Crippen LogP contribution in [0.2, 0.25) is 0 Å². The number of nitrogens with one attached hydrogen (secondary N) is 2. The first-order chi connectivity index (χ1) is 10.2. The molecule has 2 N–H and O–H groups in total. The number of hydrogen-bond donors (Lipinski definition) is 2. The van der Waals surface area contributed by atoms with E-state index in [1.807, 2.05) is 36.1 Å². The summed E-state index contributed by atoms with van der Waals surface area (Å²) in [5.74, 6) is 0.155. The normalized spacial score (nSPS) is 14.6. The van der Waals surface area contributed by atoms with Gasteiger partial charge < -0.3 is 20.3 Å². The van der Waals surface area contributed by atoms with E-state index in [-0.39, 0.29) is 5.91 Å². The zero-order chi connectivity index (χ0) is 15.1. The lowest BCUT2D eigenvalue weighted by atomic mass is 10.1. The smallest absolute Gasteiger partial charge is 0.227 e. The Morgan fingerprint density at radius 3 is 2.57 bits per heavy atom. The summed E-state index contributed by atoms with van der Waals surface area (Å²) in [6, 6.07) is 7.78. The summed E-state index contributed by atoms with van der Waals surface area (Å²) in [5, 5.41) is 6.73. The molecule has 1 fully saturated rings. The highest BCUT2D eigenvalue weighted by atomic mass is 32.1. The molecule has 0 aliphatic carbocycles. The number of carbonyl (C=O) groups excluding carboxylic acids is 1. The Labute approximate surface area is 130 Å². The minimum absolute atomic E-state index is 0.155. The molecule has 0 aromatic heterocycles. The van der Waals surface area contributed by atoms with Gasteiger partial charge >= 0.3 is 0 Å². The number of anilines is 1. The van der Waals surface area contributed by atoms with Gasteiger partial charge in [0.1, 0.15) is 0 Å². The van der Waals surface area contributed by atoms with E-state index in [1.165, 1.54) is 0 Å². The van der Waals surface area contributed by atoms with Crippen LogP contribution in [0.4, 0.5) is 5.69 Å². The molecule has 1 aromatic rings. The fourth-order valence-corrected chi connectivity index (χ4v) is 2.40. The second kappa shape index (κ2) is 7.95. The van der Waals surface area contributed by atoms with Crippen LogP contribution in [0, 0.1) is 0 Å². The van der Waals surface area contributed by atoms with E-state index in [0.717, 1.165) is 17.8 Å². The van der Waals surface area contributed by atoms with Gasteiger partial charge in [-0.15, -0.1) is 0 Å². The molecule has 0 atom stereocenters. The molecule has 6 heteroatoms. The number of amides is 1. The molecule has 1 aliphatic rings. The molecule has 2 rings (SSSR count). The highest BCUT2D eigenvalue weighted by molar-refractivity contribution is 7.80. The molecular formula is C15H21N3O2S. The molecule has 1 aromatic carbocycles. The first kappa shape index (κ1) is 15.7. The highest BCUT2D eigenvalue weighted by Crippen LogP contribution is 2.11. The average molecular weight is 307 g/mol. The molecular weight excluding hydrogens is 286 g/mol. The third-order valence-electron chi connectivity index (χ3n) is 3.27.